The topological polar surface area (TPSA) is 104 Å². The van der Waals surface area contributed by atoms with Crippen LogP contribution >= 0.6 is 0 Å². The number of carbonyl (C=O) groups is 2. The number of hydrogen-bond donors (Lipinski definition) is 3. The molecule has 7 heteroatoms. The molecule has 2 aromatic heterocycles. The number of hydrogen-bond acceptors (Lipinski definition) is 5. The van der Waals surface area contributed by atoms with Gasteiger partial charge in [0.15, 0.2) is 6.10 Å². The second kappa shape index (κ2) is 8.65. The van der Waals surface area contributed by atoms with Crippen LogP contribution in [0.25, 0.3) is 21.8 Å². The van der Waals surface area contributed by atoms with Crippen LogP contribution in [0, 0.1) is 0 Å². The SMILES string of the molecule is CCOC(=O)C(O)c1[nH]c2ccccc2c1C(C(=O)OCC)c1cc2ccccc2[nH]1. The number of carbonyl (C=O) groups excluding carboxylic acids is 2. The molecular weight excluding hydrogens is 396 g/mol. The van der Waals surface area contributed by atoms with Crippen molar-refractivity contribution in [3.8, 4) is 0 Å². The molecule has 0 radical (unpaired) electrons. The first kappa shape index (κ1) is 20.7. The van der Waals surface area contributed by atoms with Gasteiger partial charge in [0, 0.05) is 27.7 Å². The van der Waals surface area contributed by atoms with Crippen molar-refractivity contribution in [2.75, 3.05) is 13.2 Å². The largest absolute Gasteiger partial charge is 0.465 e. The van der Waals surface area contributed by atoms with Crippen LogP contribution in [-0.4, -0.2) is 40.2 Å². The van der Waals surface area contributed by atoms with E-state index >= 15 is 0 Å². The zero-order valence-corrected chi connectivity index (χ0v) is 17.3. The molecule has 0 amide bonds. The lowest BCUT2D eigenvalue weighted by Gasteiger charge is -2.18. The molecule has 2 heterocycles. The fourth-order valence-corrected chi connectivity index (χ4v) is 3.93. The molecule has 0 saturated carbocycles. The lowest BCUT2D eigenvalue weighted by atomic mass is 9.91. The van der Waals surface area contributed by atoms with E-state index in [2.05, 4.69) is 9.97 Å². The van der Waals surface area contributed by atoms with Crippen LogP contribution in [0.4, 0.5) is 0 Å². The van der Waals surface area contributed by atoms with Gasteiger partial charge < -0.3 is 24.5 Å². The van der Waals surface area contributed by atoms with E-state index in [4.69, 9.17) is 9.47 Å². The first-order chi connectivity index (χ1) is 15.0. The summed E-state index contributed by atoms with van der Waals surface area (Å²) >= 11 is 0. The molecule has 0 spiro atoms. The molecule has 2 atom stereocenters. The van der Waals surface area contributed by atoms with Crippen molar-refractivity contribution in [1.29, 1.82) is 0 Å². The van der Waals surface area contributed by atoms with E-state index in [0.717, 1.165) is 16.3 Å². The van der Waals surface area contributed by atoms with Gasteiger partial charge in [0.1, 0.15) is 5.92 Å². The van der Waals surface area contributed by atoms with E-state index in [1.807, 2.05) is 54.6 Å². The van der Waals surface area contributed by atoms with E-state index in [1.165, 1.54) is 0 Å². The van der Waals surface area contributed by atoms with E-state index in [1.54, 1.807) is 13.8 Å². The Labute approximate surface area is 179 Å². The highest BCUT2D eigenvalue weighted by Gasteiger charge is 2.35. The normalized spacial score (nSPS) is 13.3. The number of benzene rings is 2. The van der Waals surface area contributed by atoms with Gasteiger partial charge in [0.05, 0.1) is 18.9 Å². The number of aromatic amines is 2. The first-order valence-corrected chi connectivity index (χ1v) is 10.2. The molecule has 0 fully saturated rings. The van der Waals surface area contributed by atoms with Gasteiger partial charge in [-0.25, -0.2) is 4.79 Å². The summed E-state index contributed by atoms with van der Waals surface area (Å²) in [5, 5.41) is 12.4. The summed E-state index contributed by atoms with van der Waals surface area (Å²) in [6.07, 6.45) is -1.57. The Hall–Kier alpha value is -3.58. The Bertz CT molecular complexity index is 1210. The van der Waals surface area contributed by atoms with Crippen molar-refractivity contribution in [2.45, 2.75) is 25.9 Å². The second-order valence-corrected chi connectivity index (χ2v) is 7.15. The molecule has 31 heavy (non-hydrogen) atoms. The maximum Gasteiger partial charge on any atom is 0.341 e. The molecule has 0 aliphatic rings. The fourth-order valence-electron chi connectivity index (χ4n) is 3.93. The molecule has 3 N–H and O–H groups in total. The van der Waals surface area contributed by atoms with E-state index < -0.39 is 24.0 Å². The molecule has 0 saturated heterocycles. The van der Waals surface area contributed by atoms with Gasteiger partial charge in [0.25, 0.3) is 0 Å². The summed E-state index contributed by atoms with van der Waals surface area (Å²) in [5.74, 6) is -2.13. The number of para-hydroxylation sites is 2. The number of nitrogens with one attached hydrogen (secondary N) is 2. The number of fused-ring (bicyclic) bond motifs is 2. The highest BCUT2D eigenvalue weighted by atomic mass is 16.5. The third-order valence-corrected chi connectivity index (χ3v) is 5.23. The monoisotopic (exact) mass is 420 g/mol. The maximum absolute atomic E-state index is 13.2. The number of aliphatic hydroxyl groups is 1. The summed E-state index contributed by atoms with van der Waals surface area (Å²) in [6, 6.07) is 16.9. The molecular formula is C24H24N2O5. The van der Waals surface area contributed by atoms with Crippen LogP contribution < -0.4 is 0 Å². The van der Waals surface area contributed by atoms with Crippen molar-refractivity contribution in [3.05, 3.63) is 71.5 Å². The quantitative estimate of drug-likeness (QED) is 0.393. The molecule has 4 aromatic rings. The standard InChI is InChI=1S/C24H24N2O5/c1-3-30-23(28)20(18-13-14-9-5-7-11-16(14)25-18)19-15-10-6-8-12-17(15)26-21(19)22(27)24(29)31-4-2/h5-13,20,22,25-27H,3-4H2,1-2H3. The van der Waals surface area contributed by atoms with Crippen LogP contribution in [0.2, 0.25) is 0 Å². The minimum atomic E-state index is -1.57. The van der Waals surface area contributed by atoms with Crippen molar-refractivity contribution < 1.29 is 24.2 Å². The Morgan fingerprint density at radius 1 is 0.903 bits per heavy atom. The molecule has 0 aliphatic carbocycles. The van der Waals surface area contributed by atoms with Gasteiger partial charge in [-0.15, -0.1) is 0 Å². The van der Waals surface area contributed by atoms with Gasteiger partial charge in [0.2, 0.25) is 0 Å². The molecule has 0 aliphatic heterocycles. The molecule has 7 nitrogen and oxygen atoms in total. The second-order valence-electron chi connectivity index (χ2n) is 7.15. The van der Waals surface area contributed by atoms with Gasteiger partial charge in [-0.1, -0.05) is 36.4 Å². The first-order valence-electron chi connectivity index (χ1n) is 10.2. The van der Waals surface area contributed by atoms with Crippen LogP contribution in [0.1, 0.15) is 42.8 Å². The molecule has 2 aromatic carbocycles. The molecule has 4 rings (SSSR count). The summed E-state index contributed by atoms with van der Waals surface area (Å²) in [4.78, 5) is 31.9. The Balaban J connectivity index is 1.95. The number of aromatic nitrogens is 2. The van der Waals surface area contributed by atoms with Gasteiger partial charge in [-0.05, 0) is 37.4 Å². The summed E-state index contributed by atoms with van der Waals surface area (Å²) < 4.78 is 10.4. The average Bonchev–Trinajstić information content (AvgIpc) is 3.36. The van der Waals surface area contributed by atoms with Crippen molar-refractivity contribution in [3.63, 3.8) is 0 Å². The average molecular weight is 420 g/mol. The summed E-state index contributed by atoms with van der Waals surface area (Å²) in [6.45, 7) is 3.74. The minimum Gasteiger partial charge on any atom is -0.465 e. The van der Waals surface area contributed by atoms with E-state index in [9.17, 15) is 14.7 Å². The van der Waals surface area contributed by atoms with E-state index in [-0.39, 0.29) is 18.9 Å². The predicted molar refractivity (Wildman–Crippen MR) is 117 cm³/mol. The zero-order valence-electron chi connectivity index (χ0n) is 17.3. The Kier molecular flexibility index (Phi) is 5.77. The molecule has 160 valence electrons. The minimum absolute atomic E-state index is 0.134. The van der Waals surface area contributed by atoms with Crippen molar-refractivity contribution >= 4 is 33.7 Å². The summed E-state index contributed by atoms with van der Waals surface area (Å²) in [5.41, 5.74) is 2.89. The van der Waals surface area contributed by atoms with Gasteiger partial charge >= 0.3 is 11.9 Å². The van der Waals surface area contributed by atoms with Gasteiger partial charge in [-0.3, -0.25) is 4.79 Å². The number of esters is 2. The fraction of sp³-hybridized carbons (Fsp3) is 0.250. The number of ether oxygens (including phenoxy) is 2. The number of rotatable bonds is 7. The van der Waals surface area contributed by atoms with Crippen molar-refractivity contribution in [2.24, 2.45) is 0 Å². The molecule has 0 bridgehead atoms. The predicted octanol–water partition coefficient (Wildman–Crippen LogP) is 3.94. The third kappa shape index (κ3) is 3.80. The van der Waals surface area contributed by atoms with Gasteiger partial charge in [-0.2, -0.15) is 0 Å². The van der Waals surface area contributed by atoms with Crippen LogP contribution in [-0.2, 0) is 19.1 Å². The van der Waals surface area contributed by atoms with E-state index in [0.29, 0.717) is 16.8 Å². The molecule has 2 unspecified atom stereocenters. The van der Waals surface area contributed by atoms with Crippen LogP contribution in [0.5, 0.6) is 0 Å². The third-order valence-electron chi connectivity index (χ3n) is 5.23. The highest BCUT2D eigenvalue weighted by Crippen LogP contribution is 2.38. The number of H-pyrrole nitrogens is 2. The summed E-state index contributed by atoms with van der Waals surface area (Å²) in [7, 11) is 0. The Morgan fingerprint density at radius 2 is 1.55 bits per heavy atom. The number of aliphatic hydroxyl groups excluding tert-OH is 1. The van der Waals surface area contributed by atoms with Crippen LogP contribution in [0.3, 0.4) is 0 Å². The lowest BCUT2D eigenvalue weighted by Crippen LogP contribution is -2.22. The highest BCUT2D eigenvalue weighted by molar-refractivity contribution is 5.95. The Morgan fingerprint density at radius 3 is 2.26 bits per heavy atom. The smallest absolute Gasteiger partial charge is 0.341 e. The van der Waals surface area contributed by atoms with Crippen LogP contribution in [0.15, 0.2) is 54.6 Å². The zero-order chi connectivity index (χ0) is 22.0. The maximum atomic E-state index is 13.2. The van der Waals surface area contributed by atoms with Crippen molar-refractivity contribution in [1.82, 2.24) is 9.97 Å². The lowest BCUT2D eigenvalue weighted by molar-refractivity contribution is -0.153.